The summed E-state index contributed by atoms with van der Waals surface area (Å²) in [5.74, 6) is -0.00868. The SMILES string of the molecule is COCC(=O)NCC1(C)CCC1. The van der Waals surface area contributed by atoms with Gasteiger partial charge in [-0.15, -0.1) is 0 Å². The maximum absolute atomic E-state index is 11.0. The minimum Gasteiger partial charge on any atom is -0.375 e. The highest BCUT2D eigenvalue weighted by Gasteiger charge is 2.31. The summed E-state index contributed by atoms with van der Waals surface area (Å²) in [6.07, 6.45) is 3.77. The van der Waals surface area contributed by atoms with E-state index in [1.807, 2.05) is 0 Å². The average molecular weight is 171 g/mol. The van der Waals surface area contributed by atoms with Gasteiger partial charge in [0.15, 0.2) is 0 Å². The molecule has 0 bridgehead atoms. The van der Waals surface area contributed by atoms with Crippen LogP contribution in [0.1, 0.15) is 26.2 Å². The fourth-order valence-electron chi connectivity index (χ4n) is 1.45. The number of rotatable bonds is 4. The Kier molecular flexibility index (Phi) is 3.09. The van der Waals surface area contributed by atoms with E-state index in [4.69, 9.17) is 4.74 Å². The molecule has 0 spiro atoms. The van der Waals surface area contributed by atoms with Crippen LogP contribution in [0.5, 0.6) is 0 Å². The molecule has 0 atom stereocenters. The Balaban J connectivity index is 2.12. The third-order valence-corrected chi connectivity index (χ3v) is 2.55. The second-order valence-corrected chi connectivity index (χ2v) is 3.87. The Hall–Kier alpha value is -0.570. The van der Waals surface area contributed by atoms with Gasteiger partial charge in [0.25, 0.3) is 0 Å². The topological polar surface area (TPSA) is 38.3 Å². The second-order valence-electron chi connectivity index (χ2n) is 3.87. The van der Waals surface area contributed by atoms with Gasteiger partial charge in [0.05, 0.1) is 0 Å². The standard InChI is InChI=1S/C9H17NO2/c1-9(4-3-5-9)7-10-8(11)6-12-2/h3-7H2,1-2H3,(H,10,11). The summed E-state index contributed by atoms with van der Waals surface area (Å²) >= 11 is 0. The summed E-state index contributed by atoms with van der Waals surface area (Å²) in [7, 11) is 1.53. The zero-order valence-electron chi connectivity index (χ0n) is 7.85. The lowest BCUT2D eigenvalue weighted by molar-refractivity contribution is -0.125. The number of nitrogens with one attached hydrogen (secondary N) is 1. The molecule has 1 N–H and O–H groups in total. The minimum atomic E-state index is -0.00868. The number of hydrogen-bond donors (Lipinski definition) is 1. The molecule has 3 nitrogen and oxygen atoms in total. The Bertz CT molecular complexity index is 164. The highest BCUT2D eigenvalue weighted by molar-refractivity contribution is 5.77. The van der Waals surface area contributed by atoms with Crippen molar-refractivity contribution < 1.29 is 9.53 Å². The summed E-state index contributed by atoms with van der Waals surface area (Å²) in [4.78, 5) is 11.0. The lowest BCUT2D eigenvalue weighted by Crippen LogP contribution is -2.41. The normalized spacial score (nSPS) is 19.8. The van der Waals surface area contributed by atoms with Gasteiger partial charge in [-0.25, -0.2) is 0 Å². The van der Waals surface area contributed by atoms with Gasteiger partial charge in [0.1, 0.15) is 6.61 Å². The molecule has 0 radical (unpaired) electrons. The van der Waals surface area contributed by atoms with Crippen LogP contribution in [0.4, 0.5) is 0 Å². The number of carbonyl (C=O) groups is 1. The molecule has 0 aromatic rings. The number of amides is 1. The zero-order chi connectivity index (χ0) is 9.03. The van der Waals surface area contributed by atoms with Crippen LogP contribution in [0.2, 0.25) is 0 Å². The van der Waals surface area contributed by atoms with Gasteiger partial charge in [0, 0.05) is 13.7 Å². The van der Waals surface area contributed by atoms with E-state index in [0.717, 1.165) is 6.54 Å². The van der Waals surface area contributed by atoms with Crippen molar-refractivity contribution in [2.45, 2.75) is 26.2 Å². The van der Waals surface area contributed by atoms with Crippen LogP contribution in [-0.2, 0) is 9.53 Å². The summed E-state index contributed by atoms with van der Waals surface area (Å²) in [6, 6.07) is 0. The van der Waals surface area contributed by atoms with Crippen molar-refractivity contribution in [2.24, 2.45) is 5.41 Å². The third-order valence-electron chi connectivity index (χ3n) is 2.55. The molecule has 0 heterocycles. The first kappa shape index (κ1) is 9.52. The predicted octanol–water partition coefficient (Wildman–Crippen LogP) is 0.939. The first-order valence-electron chi connectivity index (χ1n) is 4.42. The van der Waals surface area contributed by atoms with Gasteiger partial charge in [-0.2, -0.15) is 0 Å². The molecule has 1 saturated carbocycles. The summed E-state index contributed by atoms with van der Waals surface area (Å²) in [5, 5.41) is 2.86. The minimum absolute atomic E-state index is 0.00868. The van der Waals surface area contributed by atoms with Crippen molar-refractivity contribution in [2.75, 3.05) is 20.3 Å². The maximum Gasteiger partial charge on any atom is 0.246 e. The summed E-state index contributed by atoms with van der Waals surface area (Å²) < 4.78 is 4.71. The van der Waals surface area contributed by atoms with Crippen molar-refractivity contribution in [3.8, 4) is 0 Å². The molecule has 0 aliphatic heterocycles. The highest BCUT2D eigenvalue weighted by Crippen LogP contribution is 2.39. The molecule has 1 amide bonds. The van der Waals surface area contributed by atoms with Crippen molar-refractivity contribution in [1.29, 1.82) is 0 Å². The Morgan fingerprint density at radius 1 is 1.58 bits per heavy atom. The molecular weight excluding hydrogens is 154 g/mol. The van der Waals surface area contributed by atoms with E-state index in [1.165, 1.54) is 26.4 Å². The Labute approximate surface area is 73.5 Å². The third kappa shape index (κ3) is 2.48. The van der Waals surface area contributed by atoms with E-state index in [0.29, 0.717) is 5.41 Å². The molecular formula is C9H17NO2. The molecule has 0 saturated heterocycles. The maximum atomic E-state index is 11.0. The van der Waals surface area contributed by atoms with E-state index in [-0.39, 0.29) is 12.5 Å². The van der Waals surface area contributed by atoms with Gasteiger partial charge in [-0.05, 0) is 18.3 Å². The highest BCUT2D eigenvalue weighted by atomic mass is 16.5. The fourth-order valence-corrected chi connectivity index (χ4v) is 1.45. The Morgan fingerprint density at radius 3 is 2.67 bits per heavy atom. The number of carbonyl (C=O) groups excluding carboxylic acids is 1. The quantitative estimate of drug-likeness (QED) is 0.683. The van der Waals surface area contributed by atoms with Crippen molar-refractivity contribution in [1.82, 2.24) is 5.32 Å². The van der Waals surface area contributed by atoms with E-state index >= 15 is 0 Å². The van der Waals surface area contributed by atoms with Crippen LogP contribution in [0.3, 0.4) is 0 Å². The van der Waals surface area contributed by atoms with Crippen LogP contribution in [0, 0.1) is 5.41 Å². The molecule has 0 aromatic carbocycles. The average Bonchev–Trinajstić information content (AvgIpc) is 1.98. The van der Waals surface area contributed by atoms with Gasteiger partial charge in [-0.1, -0.05) is 13.3 Å². The van der Waals surface area contributed by atoms with E-state index in [9.17, 15) is 4.79 Å². The van der Waals surface area contributed by atoms with Gasteiger partial charge in [-0.3, -0.25) is 4.79 Å². The van der Waals surface area contributed by atoms with Crippen molar-refractivity contribution >= 4 is 5.91 Å². The van der Waals surface area contributed by atoms with Crippen LogP contribution < -0.4 is 5.32 Å². The monoisotopic (exact) mass is 171 g/mol. The van der Waals surface area contributed by atoms with Crippen molar-refractivity contribution in [3.05, 3.63) is 0 Å². The fraction of sp³-hybridized carbons (Fsp3) is 0.889. The first-order valence-corrected chi connectivity index (χ1v) is 4.42. The molecule has 1 aliphatic rings. The molecule has 0 unspecified atom stereocenters. The smallest absolute Gasteiger partial charge is 0.246 e. The van der Waals surface area contributed by atoms with E-state index in [2.05, 4.69) is 12.2 Å². The molecule has 3 heteroatoms. The largest absolute Gasteiger partial charge is 0.375 e. The molecule has 1 aliphatic carbocycles. The molecule has 0 aromatic heterocycles. The Morgan fingerprint density at radius 2 is 2.25 bits per heavy atom. The molecule has 1 fully saturated rings. The second kappa shape index (κ2) is 3.90. The molecule has 70 valence electrons. The van der Waals surface area contributed by atoms with Gasteiger partial charge < -0.3 is 10.1 Å². The zero-order valence-corrected chi connectivity index (χ0v) is 7.85. The number of ether oxygens (including phenoxy) is 1. The van der Waals surface area contributed by atoms with Crippen LogP contribution in [0.25, 0.3) is 0 Å². The van der Waals surface area contributed by atoms with E-state index in [1.54, 1.807) is 0 Å². The van der Waals surface area contributed by atoms with Crippen molar-refractivity contribution in [3.63, 3.8) is 0 Å². The van der Waals surface area contributed by atoms with Crippen LogP contribution >= 0.6 is 0 Å². The number of methoxy groups -OCH3 is 1. The van der Waals surface area contributed by atoms with Gasteiger partial charge >= 0.3 is 0 Å². The van der Waals surface area contributed by atoms with Gasteiger partial charge in [0.2, 0.25) is 5.91 Å². The summed E-state index contributed by atoms with van der Waals surface area (Å²) in [6.45, 7) is 3.19. The summed E-state index contributed by atoms with van der Waals surface area (Å²) in [5.41, 5.74) is 0.364. The lowest BCUT2D eigenvalue weighted by atomic mass is 9.70. The predicted molar refractivity (Wildman–Crippen MR) is 46.8 cm³/mol. The molecule has 1 rings (SSSR count). The van der Waals surface area contributed by atoms with E-state index < -0.39 is 0 Å². The molecule has 12 heavy (non-hydrogen) atoms. The van der Waals surface area contributed by atoms with Crippen LogP contribution in [-0.4, -0.2) is 26.2 Å². The first-order chi connectivity index (χ1) is 5.66. The number of hydrogen-bond acceptors (Lipinski definition) is 2. The lowest BCUT2D eigenvalue weighted by Gasteiger charge is -2.38. The van der Waals surface area contributed by atoms with Crippen LogP contribution in [0.15, 0.2) is 0 Å².